The number of aryl methyl sites for hydroxylation is 1. The van der Waals surface area contributed by atoms with Gasteiger partial charge < -0.3 is 20.3 Å². The van der Waals surface area contributed by atoms with Crippen molar-refractivity contribution in [1.82, 2.24) is 0 Å². The first kappa shape index (κ1) is 18.5. The SMILES string of the molecule is COc1ccc(CO)cc1C(=O)Nc1ccc(CCCC(=O)O)cc1. The van der Waals surface area contributed by atoms with Crippen molar-refractivity contribution in [2.45, 2.75) is 25.9 Å². The van der Waals surface area contributed by atoms with Gasteiger partial charge in [-0.1, -0.05) is 18.2 Å². The summed E-state index contributed by atoms with van der Waals surface area (Å²) in [6.45, 7) is -0.157. The molecule has 6 nitrogen and oxygen atoms in total. The minimum atomic E-state index is -0.803. The summed E-state index contributed by atoms with van der Waals surface area (Å²) in [6.07, 6.45) is 1.39. The van der Waals surface area contributed by atoms with Crippen molar-refractivity contribution < 1.29 is 24.5 Å². The van der Waals surface area contributed by atoms with Crippen molar-refractivity contribution in [3.8, 4) is 5.75 Å². The van der Waals surface area contributed by atoms with Crippen LogP contribution >= 0.6 is 0 Å². The Balaban J connectivity index is 2.04. The van der Waals surface area contributed by atoms with Crippen LogP contribution in [0.1, 0.15) is 34.3 Å². The second-order valence-electron chi connectivity index (χ2n) is 5.59. The fourth-order valence-electron chi connectivity index (χ4n) is 2.43. The van der Waals surface area contributed by atoms with Gasteiger partial charge in [0.25, 0.3) is 5.91 Å². The molecule has 0 aliphatic heterocycles. The minimum absolute atomic E-state index is 0.138. The van der Waals surface area contributed by atoms with E-state index in [1.807, 2.05) is 12.1 Å². The van der Waals surface area contributed by atoms with Gasteiger partial charge in [0.15, 0.2) is 0 Å². The molecule has 3 N–H and O–H groups in total. The second kappa shape index (κ2) is 8.84. The van der Waals surface area contributed by atoms with Gasteiger partial charge in [0.1, 0.15) is 5.75 Å². The Hall–Kier alpha value is -2.86. The average molecular weight is 343 g/mol. The highest BCUT2D eigenvalue weighted by Gasteiger charge is 2.13. The number of amides is 1. The second-order valence-corrected chi connectivity index (χ2v) is 5.59. The molecule has 6 heteroatoms. The third-order valence-corrected chi connectivity index (χ3v) is 3.76. The standard InChI is InChI=1S/C19H21NO5/c1-25-17-10-7-14(12-21)11-16(17)19(24)20-15-8-5-13(6-9-15)3-2-4-18(22)23/h5-11,21H,2-4,12H2,1H3,(H,20,24)(H,22,23). The monoisotopic (exact) mass is 343 g/mol. The van der Waals surface area contributed by atoms with Crippen molar-refractivity contribution in [2.24, 2.45) is 0 Å². The van der Waals surface area contributed by atoms with Gasteiger partial charge in [0.05, 0.1) is 19.3 Å². The quantitative estimate of drug-likeness (QED) is 0.685. The van der Waals surface area contributed by atoms with E-state index in [2.05, 4.69) is 5.32 Å². The third kappa shape index (κ3) is 5.32. The highest BCUT2D eigenvalue weighted by Crippen LogP contribution is 2.22. The molecule has 0 saturated carbocycles. The first-order valence-electron chi connectivity index (χ1n) is 7.93. The van der Waals surface area contributed by atoms with Crippen LogP contribution in [0.2, 0.25) is 0 Å². The summed E-state index contributed by atoms with van der Waals surface area (Å²) in [5, 5.41) is 20.7. The van der Waals surface area contributed by atoms with Crippen LogP contribution in [0.4, 0.5) is 5.69 Å². The lowest BCUT2D eigenvalue weighted by Gasteiger charge is -2.11. The molecule has 0 aliphatic rings. The van der Waals surface area contributed by atoms with Gasteiger partial charge >= 0.3 is 5.97 Å². The van der Waals surface area contributed by atoms with E-state index in [1.165, 1.54) is 7.11 Å². The van der Waals surface area contributed by atoms with Crippen molar-refractivity contribution >= 4 is 17.6 Å². The van der Waals surface area contributed by atoms with Gasteiger partial charge in [-0.25, -0.2) is 0 Å². The van der Waals surface area contributed by atoms with E-state index in [9.17, 15) is 14.7 Å². The van der Waals surface area contributed by atoms with Crippen molar-refractivity contribution in [2.75, 3.05) is 12.4 Å². The molecule has 0 aliphatic carbocycles. The topological polar surface area (TPSA) is 95.9 Å². The molecular formula is C19H21NO5. The number of rotatable bonds is 8. The maximum atomic E-state index is 12.5. The number of aliphatic carboxylic acids is 1. The van der Waals surface area contributed by atoms with E-state index in [4.69, 9.17) is 9.84 Å². The molecule has 2 aromatic carbocycles. The molecule has 132 valence electrons. The Morgan fingerprint density at radius 1 is 1.08 bits per heavy atom. The van der Waals surface area contributed by atoms with Gasteiger partial charge in [0.2, 0.25) is 0 Å². The van der Waals surface area contributed by atoms with Gasteiger partial charge in [-0.3, -0.25) is 9.59 Å². The Kier molecular flexibility index (Phi) is 6.54. The predicted molar refractivity (Wildman–Crippen MR) is 93.9 cm³/mol. The predicted octanol–water partition coefficient (Wildman–Crippen LogP) is 2.85. The summed E-state index contributed by atoms with van der Waals surface area (Å²) < 4.78 is 5.20. The fourth-order valence-corrected chi connectivity index (χ4v) is 2.43. The molecule has 2 rings (SSSR count). The molecule has 0 radical (unpaired) electrons. The molecule has 0 aromatic heterocycles. The van der Waals surface area contributed by atoms with Gasteiger partial charge in [-0.2, -0.15) is 0 Å². The van der Waals surface area contributed by atoms with Crippen LogP contribution in [0.5, 0.6) is 5.75 Å². The number of benzene rings is 2. The lowest BCUT2D eigenvalue weighted by atomic mass is 10.1. The highest BCUT2D eigenvalue weighted by atomic mass is 16.5. The Morgan fingerprint density at radius 3 is 2.36 bits per heavy atom. The number of carbonyl (C=O) groups excluding carboxylic acids is 1. The number of hydrogen-bond acceptors (Lipinski definition) is 4. The van der Waals surface area contributed by atoms with Crippen LogP contribution in [-0.2, 0) is 17.8 Å². The number of carboxylic acids is 1. The van der Waals surface area contributed by atoms with E-state index in [0.717, 1.165) is 5.56 Å². The van der Waals surface area contributed by atoms with Crippen LogP contribution in [0, 0.1) is 0 Å². The summed E-state index contributed by atoms with van der Waals surface area (Å²) in [4.78, 5) is 23.0. The van der Waals surface area contributed by atoms with Gasteiger partial charge in [-0.05, 0) is 48.2 Å². The van der Waals surface area contributed by atoms with Crippen molar-refractivity contribution in [3.63, 3.8) is 0 Å². The number of carboxylic acid groups (broad SMARTS) is 1. The molecule has 0 saturated heterocycles. The molecular weight excluding hydrogens is 322 g/mol. The number of anilines is 1. The highest BCUT2D eigenvalue weighted by molar-refractivity contribution is 6.06. The van der Waals surface area contributed by atoms with Gasteiger partial charge in [0, 0.05) is 12.1 Å². The summed E-state index contributed by atoms with van der Waals surface area (Å²) in [6, 6.07) is 12.2. The number of methoxy groups -OCH3 is 1. The summed E-state index contributed by atoms with van der Waals surface area (Å²) in [7, 11) is 1.48. The van der Waals surface area contributed by atoms with Crippen LogP contribution in [0.3, 0.4) is 0 Å². The Morgan fingerprint density at radius 2 is 1.76 bits per heavy atom. The molecule has 1 amide bonds. The third-order valence-electron chi connectivity index (χ3n) is 3.76. The fraction of sp³-hybridized carbons (Fsp3) is 0.263. The van der Waals surface area contributed by atoms with Crippen LogP contribution < -0.4 is 10.1 Å². The van der Waals surface area contributed by atoms with E-state index in [-0.39, 0.29) is 18.9 Å². The maximum Gasteiger partial charge on any atom is 0.303 e. The first-order valence-corrected chi connectivity index (χ1v) is 7.93. The summed E-state index contributed by atoms with van der Waals surface area (Å²) in [5.74, 6) is -0.700. The number of nitrogens with one attached hydrogen (secondary N) is 1. The number of hydrogen-bond donors (Lipinski definition) is 3. The lowest BCUT2D eigenvalue weighted by molar-refractivity contribution is -0.137. The first-order chi connectivity index (χ1) is 12.0. The van der Waals surface area contributed by atoms with E-state index >= 15 is 0 Å². The van der Waals surface area contributed by atoms with Crippen LogP contribution in [0.15, 0.2) is 42.5 Å². The Labute approximate surface area is 146 Å². The molecule has 0 heterocycles. The molecule has 0 spiro atoms. The molecule has 0 atom stereocenters. The largest absolute Gasteiger partial charge is 0.496 e. The van der Waals surface area contributed by atoms with Crippen LogP contribution in [0.25, 0.3) is 0 Å². The Bertz CT molecular complexity index is 740. The van der Waals surface area contributed by atoms with Crippen molar-refractivity contribution in [1.29, 1.82) is 0 Å². The lowest BCUT2D eigenvalue weighted by Crippen LogP contribution is -2.13. The number of carbonyl (C=O) groups is 2. The van der Waals surface area contributed by atoms with Gasteiger partial charge in [-0.15, -0.1) is 0 Å². The zero-order valence-corrected chi connectivity index (χ0v) is 14.0. The number of ether oxygens (including phenoxy) is 1. The van der Waals surface area contributed by atoms with E-state index in [1.54, 1.807) is 30.3 Å². The molecule has 25 heavy (non-hydrogen) atoms. The average Bonchev–Trinajstić information content (AvgIpc) is 2.62. The summed E-state index contributed by atoms with van der Waals surface area (Å²) in [5.41, 5.74) is 2.61. The maximum absolute atomic E-state index is 12.5. The zero-order valence-electron chi connectivity index (χ0n) is 14.0. The zero-order chi connectivity index (χ0) is 18.2. The smallest absolute Gasteiger partial charge is 0.303 e. The van der Waals surface area contributed by atoms with Crippen molar-refractivity contribution in [3.05, 3.63) is 59.2 Å². The van der Waals surface area contributed by atoms with Crippen LogP contribution in [-0.4, -0.2) is 29.2 Å². The van der Waals surface area contributed by atoms with E-state index < -0.39 is 5.97 Å². The molecule has 2 aromatic rings. The molecule has 0 bridgehead atoms. The normalized spacial score (nSPS) is 10.3. The number of aliphatic hydroxyl groups is 1. The molecule has 0 fully saturated rings. The van der Waals surface area contributed by atoms with E-state index in [0.29, 0.717) is 35.4 Å². The minimum Gasteiger partial charge on any atom is -0.496 e. The number of aliphatic hydroxyl groups excluding tert-OH is 1. The summed E-state index contributed by atoms with van der Waals surface area (Å²) >= 11 is 0. The molecule has 0 unspecified atom stereocenters.